The van der Waals surface area contributed by atoms with E-state index in [-0.39, 0.29) is 5.54 Å². The lowest BCUT2D eigenvalue weighted by Gasteiger charge is -2.30. The monoisotopic (exact) mass is 296 g/mol. The quantitative estimate of drug-likeness (QED) is 0.675. The van der Waals surface area contributed by atoms with Crippen LogP contribution < -0.4 is 10.7 Å². The summed E-state index contributed by atoms with van der Waals surface area (Å²) in [6.45, 7) is 3.70. The third-order valence-electron chi connectivity index (χ3n) is 3.36. The molecule has 112 valence electrons. The number of nitrogens with one attached hydrogen (secondary N) is 1. The van der Waals surface area contributed by atoms with Crippen LogP contribution in [0.25, 0.3) is 0 Å². The van der Waals surface area contributed by atoms with Gasteiger partial charge in [0.05, 0.1) is 5.54 Å². The summed E-state index contributed by atoms with van der Waals surface area (Å²) in [5, 5.41) is 3.25. The molecule has 0 saturated carbocycles. The Hall–Kier alpha value is -0.800. The molecule has 1 aromatic carbocycles. The SMILES string of the molecule is COC.C[C@@]1(C=O)CCCN1NCc1cccc(P)c1. The standard InChI is InChI=1S/C13H19N2OP.C2H6O/c1-13(10-16)6-3-7-15(13)14-9-11-4-2-5-12(17)8-11;1-3-2/h2,4-5,8,10,14H,3,6-7,9,17H2,1H3;1-2H3/t13-;/m0./s1. The number of methoxy groups -OCH3 is 1. The minimum Gasteiger partial charge on any atom is -0.388 e. The topological polar surface area (TPSA) is 41.6 Å². The lowest BCUT2D eigenvalue weighted by Crippen LogP contribution is -2.50. The molecule has 4 nitrogen and oxygen atoms in total. The maximum atomic E-state index is 11.1. The Morgan fingerprint density at radius 1 is 1.50 bits per heavy atom. The fourth-order valence-electron chi connectivity index (χ4n) is 2.26. The highest BCUT2D eigenvalue weighted by molar-refractivity contribution is 7.27. The number of benzene rings is 1. The maximum Gasteiger partial charge on any atom is 0.141 e. The number of carbonyl (C=O) groups excluding carboxylic acids is 1. The van der Waals surface area contributed by atoms with E-state index in [9.17, 15) is 4.79 Å². The molecule has 1 aromatic rings. The molecule has 1 saturated heterocycles. The Kier molecular flexibility index (Phi) is 7.31. The fourth-order valence-corrected chi connectivity index (χ4v) is 2.58. The molecule has 1 heterocycles. The van der Waals surface area contributed by atoms with Crippen LogP contribution in [0.1, 0.15) is 25.3 Å². The number of nitrogens with zero attached hydrogens (tertiary/aromatic N) is 1. The van der Waals surface area contributed by atoms with Gasteiger partial charge in [-0.05, 0) is 30.6 Å². The lowest BCUT2D eigenvalue weighted by molar-refractivity contribution is -0.117. The number of carbonyl (C=O) groups is 1. The van der Waals surface area contributed by atoms with Crippen LogP contribution in [0, 0.1) is 0 Å². The van der Waals surface area contributed by atoms with Gasteiger partial charge in [-0.15, -0.1) is 9.24 Å². The highest BCUT2D eigenvalue weighted by Crippen LogP contribution is 2.24. The number of hydrogen-bond donors (Lipinski definition) is 1. The van der Waals surface area contributed by atoms with Crippen molar-refractivity contribution in [2.24, 2.45) is 0 Å². The van der Waals surface area contributed by atoms with Gasteiger partial charge in [-0.3, -0.25) is 0 Å². The molecule has 1 aliphatic rings. The summed E-state index contributed by atoms with van der Waals surface area (Å²) in [6.07, 6.45) is 3.07. The van der Waals surface area contributed by atoms with Crippen LogP contribution in [0.3, 0.4) is 0 Å². The van der Waals surface area contributed by atoms with Gasteiger partial charge in [-0.2, -0.15) is 0 Å². The second kappa shape index (κ2) is 8.48. The summed E-state index contributed by atoms with van der Waals surface area (Å²) in [7, 11) is 5.95. The number of ether oxygens (including phenoxy) is 1. The van der Waals surface area contributed by atoms with E-state index in [1.165, 1.54) is 10.9 Å². The third-order valence-corrected chi connectivity index (χ3v) is 3.72. The molecule has 0 aromatic heterocycles. The minimum atomic E-state index is -0.335. The average Bonchev–Trinajstić information content (AvgIpc) is 2.79. The first kappa shape index (κ1) is 17.3. The molecular weight excluding hydrogens is 271 g/mol. The second-order valence-electron chi connectivity index (χ2n) is 5.22. The fraction of sp³-hybridized carbons (Fsp3) is 0.533. The summed E-state index contributed by atoms with van der Waals surface area (Å²) in [5.41, 5.74) is 4.26. The molecule has 5 heteroatoms. The smallest absolute Gasteiger partial charge is 0.141 e. The van der Waals surface area contributed by atoms with Gasteiger partial charge in [0.25, 0.3) is 0 Å². The highest BCUT2D eigenvalue weighted by atomic mass is 31.0. The van der Waals surface area contributed by atoms with Gasteiger partial charge in [0, 0.05) is 27.3 Å². The molecule has 0 bridgehead atoms. The van der Waals surface area contributed by atoms with Crippen molar-refractivity contribution in [2.75, 3.05) is 20.8 Å². The minimum absolute atomic E-state index is 0.335. The molecule has 2 atom stereocenters. The van der Waals surface area contributed by atoms with Crippen LogP contribution in [0.5, 0.6) is 0 Å². The van der Waals surface area contributed by atoms with Crippen molar-refractivity contribution >= 4 is 20.8 Å². The van der Waals surface area contributed by atoms with Crippen LogP contribution in [-0.2, 0) is 16.1 Å². The maximum absolute atomic E-state index is 11.1. The Balaban J connectivity index is 0.000000612. The number of hydrogen-bond acceptors (Lipinski definition) is 4. The second-order valence-corrected chi connectivity index (χ2v) is 5.89. The van der Waals surface area contributed by atoms with E-state index in [0.717, 1.165) is 32.2 Å². The number of hydrazine groups is 1. The van der Waals surface area contributed by atoms with E-state index in [2.05, 4.69) is 42.6 Å². The van der Waals surface area contributed by atoms with Crippen LogP contribution in [-0.4, -0.2) is 37.6 Å². The molecule has 0 aliphatic carbocycles. The van der Waals surface area contributed by atoms with Gasteiger partial charge in [0.2, 0.25) is 0 Å². The zero-order valence-electron chi connectivity index (χ0n) is 12.6. The van der Waals surface area contributed by atoms with Crippen molar-refractivity contribution in [1.82, 2.24) is 10.4 Å². The number of rotatable bonds is 4. The summed E-state index contributed by atoms with van der Waals surface area (Å²) in [5.74, 6) is 0. The Morgan fingerprint density at radius 2 is 2.20 bits per heavy atom. The Bertz CT molecular complexity index is 428. The van der Waals surface area contributed by atoms with Gasteiger partial charge in [0.1, 0.15) is 6.29 Å². The molecular formula is C15H25N2O2P. The summed E-state index contributed by atoms with van der Waals surface area (Å²) in [6, 6.07) is 8.32. The molecule has 0 radical (unpaired) electrons. The molecule has 2 rings (SSSR count). The summed E-state index contributed by atoms with van der Waals surface area (Å²) in [4.78, 5) is 11.1. The largest absolute Gasteiger partial charge is 0.388 e. The predicted octanol–water partition coefficient (Wildman–Crippen LogP) is 1.51. The van der Waals surface area contributed by atoms with E-state index < -0.39 is 0 Å². The van der Waals surface area contributed by atoms with Crippen molar-refractivity contribution in [3.63, 3.8) is 0 Å². The molecule has 1 fully saturated rings. The summed E-state index contributed by atoms with van der Waals surface area (Å²) >= 11 is 0. The van der Waals surface area contributed by atoms with E-state index >= 15 is 0 Å². The average molecular weight is 296 g/mol. The molecule has 0 amide bonds. The Morgan fingerprint density at radius 3 is 2.80 bits per heavy atom. The summed E-state index contributed by atoms with van der Waals surface area (Å²) < 4.78 is 4.25. The molecule has 0 spiro atoms. The third kappa shape index (κ3) is 4.95. The Labute approximate surface area is 124 Å². The van der Waals surface area contributed by atoms with Gasteiger partial charge >= 0.3 is 0 Å². The predicted molar refractivity (Wildman–Crippen MR) is 86.0 cm³/mol. The van der Waals surface area contributed by atoms with Crippen molar-refractivity contribution in [2.45, 2.75) is 31.8 Å². The molecule has 1 unspecified atom stereocenters. The lowest BCUT2D eigenvalue weighted by atomic mass is 10.0. The van der Waals surface area contributed by atoms with Gasteiger partial charge in [-0.1, -0.05) is 24.3 Å². The van der Waals surface area contributed by atoms with Crippen molar-refractivity contribution in [3.05, 3.63) is 29.8 Å². The number of aldehydes is 1. The highest BCUT2D eigenvalue weighted by Gasteiger charge is 2.36. The van der Waals surface area contributed by atoms with Gasteiger partial charge in [0.15, 0.2) is 0 Å². The van der Waals surface area contributed by atoms with Crippen LogP contribution in [0.2, 0.25) is 0 Å². The van der Waals surface area contributed by atoms with E-state index in [0.29, 0.717) is 0 Å². The molecule has 1 N–H and O–H groups in total. The van der Waals surface area contributed by atoms with Crippen LogP contribution in [0.15, 0.2) is 24.3 Å². The molecule has 20 heavy (non-hydrogen) atoms. The zero-order chi connectivity index (χ0) is 15.0. The van der Waals surface area contributed by atoms with E-state index in [1.807, 2.05) is 13.0 Å². The van der Waals surface area contributed by atoms with E-state index in [1.54, 1.807) is 14.2 Å². The van der Waals surface area contributed by atoms with Crippen molar-refractivity contribution in [3.8, 4) is 0 Å². The first-order valence-corrected chi connectivity index (χ1v) is 7.35. The normalized spacial score (nSPS) is 22.2. The van der Waals surface area contributed by atoms with Gasteiger partial charge in [-0.25, -0.2) is 10.4 Å². The van der Waals surface area contributed by atoms with E-state index in [4.69, 9.17) is 0 Å². The van der Waals surface area contributed by atoms with Crippen LogP contribution >= 0.6 is 9.24 Å². The zero-order valence-corrected chi connectivity index (χ0v) is 13.7. The van der Waals surface area contributed by atoms with Gasteiger partial charge < -0.3 is 9.53 Å². The van der Waals surface area contributed by atoms with Crippen molar-refractivity contribution in [1.29, 1.82) is 0 Å². The van der Waals surface area contributed by atoms with Crippen molar-refractivity contribution < 1.29 is 9.53 Å². The van der Waals surface area contributed by atoms with Crippen LogP contribution in [0.4, 0.5) is 0 Å². The first-order chi connectivity index (χ1) is 9.55. The molecule has 1 aliphatic heterocycles. The first-order valence-electron chi connectivity index (χ1n) is 6.78.